The number of benzene rings is 1. The first-order chi connectivity index (χ1) is 8.79. The van der Waals surface area contributed by atoms with Gasteiger partial charge in [0.25, 0.3) is 0 Å². The summed E-state index contributed by atoms with van der Waals surface area (Å²) in [6.07, 6.45) is 0. The Morgan fingerprint density at radius 3 is 2.63 bits per heavy atom. The van der Waals surface area contributed by atoms with Gasteiger partial charge in [-0.05, 0) is 12.1 Å². The summed E-state index contributed by atoms with van der Waals surface area (Å²) in [5.41, 5.74) is -0.0583. The number of rotatable bonds is 7. The highest BCUT2D eigenvalue weighted by Gasteiger charge is 2.16. The maximum absolute atomic E-state index is 10.8. The molecule has 0 aliphatic heterocycles. The van der Waals surface area contributed by atoms with Crippen LogP contribution in [0.25, 0.3) is 0 Å². The van der Waals surface area contributed by atoms with E-state index in [2.05, 4.69) is 35.6 Å². The second kappa shape index (κ2) is 7.02. The lowest BCUT2D eigenvalue weighted by Crippen LogP contribution is -2.22. The average Bonchev–Trinajstić information content (AvgIpc) is 2.26. The number of ether oxygens (including phenoxy) is 2. The zero-order chi connectivity index (χ0) is 14.5. The van der Waals surface area contributed by atoms with E-state index in [1.54, 1.807) is 12.1 Å². The Bertz CT molecular complexity index is 448. The summed E-state index contributed by atoms with van der Waals surface area (Å²) in [6.45, 7) is 7.43. The molecule has 19 heavy (non-hydrogen) atoms. The SMILES string of the molecule is C[Si](C)(C)CCOCOc1cc(Br)ccc1[N+](=O)[O-]. The molecule has 0 N–H and O–H groups in total. The number of hydrogen-bond acceptors (Lipinski definition) is 4. The molecule has 106 valence electrons. The van der Waals surface area contributed by atoms with Crippen LogP contribution in [-0.2, 0) is 4.74 Å². The van der Waals surface area contributed by atoms with Crippen molar-refractivity contribution < 1.29 is 14.4 Å². The molecular formula is C12H18BrNO4Si. The molecule has 0 saturated heterocycles. The van der Waals surface area contributed by atoms with Crippen LogP contribution < -0.4 is 4.74 Å². The third-order valence-corrected chi connectivity index (χ3v) is 4.61. The van der Waals surface area contributed by atoms with Gasteiger partial charge in [0.15, 0.2) is 6.79 Å². The second-order valence-corrected chi connectivity index (χ2v) is 11.9. The molecule has 1 rings (SSSR count). The van der Waals surface area contributed by atoms with Crippen molar-refractivity contribution in [3.63, 3.8) is 0 Å². The summed E-state index contributed by atoms with van der Waals surface area (Å²) < 4.78 is 11.4. The molecule has 0 aliphatic rings. The van der Waals surface area contributed by atoms with Gasteiger partial charge in [0.1, 0.15) is 0 Å². The largest absolute Gasteiger partial charge is 0.460 e. The van der Waals surface area contributed by atoms with E-state index in [4.69, 9.17) is 9.47 Å². The summed E-state index contributed by atoms with van der Waals surface area (Å²) in [7, 11) is -1.12. The first-order valence-electron chi connectivity index (χ1n) is 5.94. The maximum atomic E-state index is 10.8. The van der Waals surface area contributed by atoms with Gasteiger partial charge in [-0.3, -0.25) is 10.1 Å². The fourth-order valence-electron chi connectivity index (χ4n) is 1.30. The van der Waals surface area contributed by atoms with E-state index in [1.165, 1.54) is 6.07 Å². The predicted octanol–water partition coefficient (Wildman–Crippen LogP) is 4.05. The monoisotopic (exact) mass is 347 g/mol. The van der Waals surface area contributed by atoms with Crippen LogP contribution in [0, 0.1) is 10.1 Å². The van der Waals surface area contributed by atoms with Crippen molar-refractivity contribution in [2.24, 2.45) is 0 Å². The number of halogens is 1. The van der Waals surface area contributed by atoms with Gasteiger partial charge in [-0.1, -0.05) is 35.6 Å². The molecule has 0 saturated carbocycles. The Hall–Kier alpha value is -0.923. The second-order valence-electron chi connectivity index (χ2n) is 5.35. The number of nitro groups is 1. The zero-order valence-corrected chi connectivity index (χ0v) is 13.9. The summed E-state index contributed by atoms with van der Waals surface area (Å²) in [5.74, 6) is 0.215. The fraction of sp³-hybridized carbons (Fsp3) is 0.500. The van der Waals surface area contributed by atoms with E-state index >= 15 is 0 Å². The quantitative estimate of drug-likeness (QED) is 0.245. The Morgan fingerprint density at radius 1 is 1.37 bits per heavy atom. The number of hydrogen-bond donors (Lipinski definition) is 0. The topological polar surface area (TPSA) is 61.6 Å². The number of nitrogens with zero attached hydrogens (tertiary/aromatic N) is 1. The summed E-state index contributed by atoms with van der Waals surface area (Å²) in [5, 5.41) is 10.8. The predicted molar refractivity (Wildman–Crippen MR) is 80.4 cm³/mol. The van der Waals surface area contributed by atoms with E-state index < -0.39 is 13.0 Å². The molecule has 0 heterocycles. The van der Waals surface area contributed by atoms with Crippen molar-refractivity contribution in [2.75, 3.05) is 13.4 Å². The standard InChI is InChI=1S/C12H18BrNO4Si/c1-19(2,3)7-6-17-9-18-12-8-10(13)4-5-11(12)14(15)16/h4-5,8H,6-7,9H2,1-3H3. The zero-order valence-electron chi connectivity index (χ0n) is 11.3. The first-order valence-corrected chi connectivity index (χ1v) is 10.4. The van der Waals surface area contributed by atoms with Gasteiger partial charge in [-0.25, -0.2) is 0 Å². The van der Waals surface area contributed by atoms with Crippen LogP contribution >= 0.6 is 15.9 Å². The van der Waals surface area contributed by atoms with E-state index in [0.717, 1.165) is 10.5 Å². The van der Waals surface area contributed by atoms with Crippen molar-refractivity contribution in [2.45, 2.75) is 25.7 Å². The van der Waals surface area contributed by atoms with Crippen LogP contribution in [0.1, 0.15) is 0 Å². The van der Waals surface area contributed by atoms with E-state index in [0.29, 0.717) is 6.61 Å². The lowest BCUT2D eigenvalue weighted by Gasteiger charge is -2.15. The van der Waals surface area contributed by atoms with Crippen LogP contribution in [0.5, 0.6) is 5.75 Å². The molecule has 0 aromatic heterocycles. The molecule has 0 aliphatic carbocycles. The van der Waals surface area contributed by atoms with Crippen LogP contribution in [0.2, 0.25) is 25.7 Å². The van der Waals surface area contributed by atoms with Crippen molar-refractivity contribution >= 4 is 29.7 Å². The molecule has 1 aromatic rings. The van der Waals surface area contributed by atoms with Crippen LogP contribution in [0.4, 0.5) is 5.69 Å². The van der Waals surface area contributed by atoms with Crippen LogP contribution in [0.3, 0.4) is 0 Å². The average molecular weight is 348 g/mol. The van der Waals surface area contributed by atoms with Gasteiger partial charge in [0, 0.05) is 31.3 Å². The molecule has 5 nitrogen and oxygen atoms in total. The molecule has 7 heteroatoms. The maximum Gasteiger partial charge on any atom is 0.311 e. The Morgan fingerprint density at radius 2 is 2.05 bits per heavy atom. The highest BCUT2D eigenvalue weighted by Crippen LogP contribution is 2.30. The van der Waals surface area contributed by atoms with Gasteiger partial charge < -0.3 is 9.47 Å². The molecule has 0 radical (unpaired) electrons. The molecular weight excluding hydrogens is 330 g/mol. The van der Waals surface area contributed by atoms with E-state index in [9.17, 15) is 10.1 Å². The van der Waals surface area contributed by atoms with Crippen molar-refractivity contribution in [3.05, 3.63) is 32.8 Å². The summed E-state index contributed by atoms with van der Waals surface area (Å²) >= 11 is 3.26. The van der Waals surface area contributed by atoms with Gasteiger partial charge in [-0.2, -0.15) is 0 Å². The normalized spacial score (nSPS) is 11.4. The van der Waals surface area contributed by atoms with Crippen molar-refractivity contribution in [1.82, 2.24) is 0 Å². The van der Waals surface area contributed by atoms with Gasteiger partial charge in [-0.15, -0.1) is 0 Å². The highest BCUT2D eigenvalue weighted by atomic mass is 79.9. The van der Waals surface area contributed by atoms with Crippen molar-refractivity contribution in [3.8, 4) is 5.75 Å². The van der Waals surface area contributed by atoms with Crippen LogP contribution in [0.15, 0.2) is 22.7 Å². The van der Waals surface area contributed by atoms with Gasteiger partial charge >= 0.3 is 5.69 Å². The number of nitro benzene ring substituents is 1. The first kappa shape index (κ1) is 16.1. The lowest BCUT2D eigenvalue weighted by molar-refractivity contribution is -0.386. The minimum atomic E-state index is -1.12. The van der Waals surface area contributed by atoms with Crippen LogP contribution in [-0.4, -0.2) is 26.4 Å². The highest BCUT2D eigenvalue weighted by molar-refractivity contribution is 9.10. The molecule has 0 fully saturated rings. The van der Waals surface area contributed by atoms with Gasteiger partial charge in [0.05, 0.1) is 4.92 Å². The fourth-order valence-corrected chi connectivity index (χ4v) is 2.39. The molecule has 0 atom stereocenters. The third kappa shape index (κ3) is 6.17. The molecule has 0 amide bonds. The summed E-state index contributed by atoms with van der Waals surface area (Å²) in [4.78, 5) is 10.4. The molecule has 0 spiro atoms. The van der Waals surface area contributed by atoms with Gasteiger partial charge in [0.2, 0.25) is 5.75 Å². The minimum Gasteiger partial charge on any atom is -0.460 e. The van der Waals surface area contributed by atoms with E-state index in [-0.39, 0.29) is 18.2 Å². The Labute approximate surface area is 122 Å². The Kier molecular flexibility index (Phi) is 5.96. The smallest absolute Gasteiger partial charge is 0.311 e. The lowest BCUT2D eigenvalue weighted by atomic mass is 10.3. The molecule has 0 bridgehead atoms. The third-order valence-electron chi connectivity index (χ3n) is 2.41. The minimum absolute atomic E-state index is 0.0295. The molecule has 1 aromatic carbocycles. The van der Waals surface area contributed by atoms with Crippen molar-refractivity contribution in [1.29, 1.82) is 0 Å². The van der Waals surface area contributed by atoms with E-state index in [1.807, 2.05) is 0 Å². The summed E-state index contributed by atoms with van der Waals surface area (Å²) in [6, 6.07) is 5.62. The Balaban J connectivity index is 2.49. The molecule has 0 unspecified atom stereocenters.